The van der Waals surface area contributed by atoms with Gasteiger partial charge in [0.15, 0.2) is 18.4 Å². The molecule has 1 atom stereocenters. The molecule has 2 aromatic rings. The van der Waals surface area contributed by atoms with Crippen LogP contribution < -0.4 is 21.1 Å². The van der Waals surface area contributed by atoms with Crippen LogP contribution in [0.4, 0.5) is 0 Å². The second-order valence-corrected chi connectivity index (χ2v) is 7.70. The normalized spacial score (nSPS) is 16.3. The molecule has 0 saturated carbocycles. The molecular formula is C21H31N7O2. The molecule has 0 saturated heterocycles. The average molecular weight is 414 g/mol. The summed E-state index contributed by atoms with van der Waals surface area (Å²) < 4.78 is 7.38. The number of carbonyl (C=O) groups excluding carboxylic acids is 1. The van der Waals surface area contributed by atoms with E-state index in [1.165, 1.54) is 0 Å². The molecule has 1 aliphatic heterocycles. The molecular weight excluding hydrogens is 382 g/mol. The lowest BCUT2D eigenvalue weighted by molar-refractivity contribution is -0.119. The van der Waals surface area contributed by atoms with E-state index in [2.05, 4.69) is 34.6 Å². The molecule has 1 aliphatic rings. The van der Waals surface area contributed by atoms with Gasteiger partial charge in [0.1, 0.15) is 11.6 Å². The molecule has 1 amide bonds. The van der Waals surface area contributed by atoms with Crippen LogP contribution in [-0.2, 0) is 24.3 Å². The molecule has 0 radical (unpaired) electrons. The molecule has 162 valence electrons. The van der Waals surface area contributed by atoms with Crippen molar-refractivity contribution in [2.45, 2.75) is 58.7 Å². The summed E-state index contributed by atoms with van der Waals surface area (Å²) in [6.45, 7) is 8.16. The van der Waals surface area contributed by atoms with Gasteiger partial charge in [-0.25, -0.2) is 14.7 Å². The highest BCUT2D eigenvalue weighted by Gasteiger charge is 2.23. The molecule has 2 heterocycles. The van der Waals surface area contributed by atoms with Crippen molar-refractivity contribution >= 4 is 11.9 Å². The lowest BCUT2D eigenvalue weighted by Gasteiger charge is -2.25. The van der Waals surface area contributed by atoms with E-state index in [0.717, 1.165) is 49.1 Å². The molecule has 1 unspecified atom stereocenters. The smallest absolute Gasteiger partial charge is 0.255 e. The molecule has 3 rings (SSSR count). The molecule has 0 aliphatic carbocycles. The number of amides is 1. The molecule has 1 aromatic heterocycles. The van der Waals surface area contributed by atoms with Crippen LogP contribution in [0.5, 0.6) is 5.75 Å². The summed E-state index contributed by atoms with van der Waals surface area (Å²) in [5.74, 6) is 3.16. The number of hydrogen-bond donors (Lipinski definition) is 3. The first-order chi connectivity index (χ1) is 14.4. The summed E-state index contributed by atoms with van der Waals surface area (Å²) in [6.07, 6.45) is 1.88. The molecule has 9 nitrogen and oxygen atoms in total. The Hall–Kier alpha value is -3.10. The van der Waals surface area contributed by atoms with E-state index in [-0.39, 0.29) is 12.6 Å². The number of nitrogens with zero attached hydrogens (tertiary/aromatic N) is 4. The zero-order chi connectivity index (χ0) is 21.5. The van der Waals surface area contributed by atoms with Gasteiger partial charge in [-0.2, -0.15) is 5.10 Å². The van der Waals surface area contributed by atoms with E-state index in [1.807, 2.05) is 29.8 Å². The Kier molecular flexibility index (Phi) is 7.26. The highest BCUT2D eigenvalue weighted by atomic mass is 16.5. The minimum atomic E-state index is -0.499. The monoisotopic (exact) mass is 413 g/mol. The van der Waals surface area contributed by atoms with Gasteiger partial charge in [0.25, 0.3) is 5.91 Å². The number of aliphatic imine (C=N–C) groups is 1. The first-order valence-electron chi connectivity index (χ1n) is 10.4. The molecule has 0 bridgehead atoms. The zero-order valence-electron chi connectivity index (χ0n) is 17.9. The summed E-state index contributed by atoms with van der Waals surface area (Å²) in [6, 6.07) is 7.75. The van der Waals surface area contributed by atoms with Gasteiger partial charge in [0.2, 0.25) is 0 Å². The zero-order valence-corrected chi connectivity index (χ0v) is 17.9. The fourth-order valence-corrected chi connectivity index (χ4v) is 3.26. The minimum absolute atomic E-state index is 0.138. The van der Waals surface area contributed by atoms with Crippen molar-refractivity contribution in [2.75, 3.05) is 13.2 Å². The number of aryl methyl sites for hydroxylation is 1. The molecule has 0 fully saturated rings. The summed E-state index contributed by atoms with van der Waals surface area (Å²) in [5.41, 5.74) is 6.12. The fraction of sp³-hybridized carbons (Fsp3) is 0.524. The number of ether oxygens (including phenoxy) is 1. The third-order valence-electron chi connectivity index (χ3n) is 4.78. The summed E-state index contributed by atoms with van der Waals surface area (Å²) in [5, 5.41) is 11.5. The number of primary amides is 1. The van der Waals surface area contributed by atoms with Gasteiger partial charge in [0.05, 0.1) is 13.1 Å². The predicted octanol–water partition coefficient (Wildman–Crippen LogP) is 1.34. The number of rotatable bonds is 8. The van der Waals surface area contributed by atoms with E-state index in [1.54, 1.807) is 6.07 Å². The van der Waals surface area contributed by atoms with E-state index in [9.17, 15) is 4.79 Å². The van der Waals surface area contributed by atoms with Crippen molar-refractivity contribution < 1.29 is 9.53 Å². The van der Waals surface area contributed by atoms with E-state index >= 15 is 0 Å². The number of nitrogens with two attached hydrogens (primary N) is 1. The lowest BCUT2D eigenvalue weighted by Crippen LogP contribution is -2.47. The van der Waals surface area contributed by atoms with Crippen molar-refractivity contribution in [1.29, 1.82) is 0 Å². The topological polar surface area (TPSA) is 119 Å². The van der Waals surface area contributed by atoms with Crippen molar-refractivity contribution in [3.05, 3.63) is 41.5 Å². The average Bonchev–Trinajstić information content (AvgIpc) is 3.15. The van der Waals surface area contributed by atoms with Crippen LogP contribution in [0, 0.1) is 0 Å². The number of fused-ring (bicyclic) bond motifs is 1. The molecule has 0 spiro atoms. The quantitative estimate of drug-likeness (QED) is 0.444. The molecule has 30 heavy (non-hydrogen) atoms. The summed E-state index contributed by atoms with van der Waals surface area (Å²) >= 11 is 0. The molecule has 4 N–H and O–H groups in total. The fourth-order valence-electron chi connectivity index (χ4n) is 3.26. The molecule has 1 aromatic carbocycles. The first kappa shape index (κ1) is 21.6. The van der Waals surface area contributed by atoms with Crippen molar-refractivity contribution in [3.63, 3.8) is 0 Å². The maximum atomic E-state index is 10.9. The highest BCUT2D eigenvalue weighted by molar-refractivity contribution is 5.80. The van der Waals surface area contributed by atoms with Gasteiger partial charge in [-0.1, -0.05) is 26.0 Å². The van der Waals surface area contributed by atoms with Gasteiger partial charge >= 0.3 is 0 Å². The number of benzene rings is 1. The Morgan fingerprint density at radius 2 is 2.27 bits per heavy atom. The van der Waals surface area contributed by atoms with Gasteiger partial charge < -0.3 is 21.1 Å². The Bertz CT molecular complexity index is 891. The SMILES string of the molecule is CCNC(=NCc1cccc(OCC(N)=O)c1)NC1CCc2nc(C(C)C)nn2C1. The van der Waals surface area contributed by atoms with Crippen molar-refractivity contribution in [2.24, 2.45) is 10.7 Å². The third-order valence-corrected chi connectivity index (χ3v) is 4.78. The minimum Gasteiger partial charge on any atom is -0.484 e. The van der Waals surface area contributed by atoms with E-state index in [4.69, 9.17) is 15.5 Å². The Balaban J connectivity index is 1.62. The van der Waals surface area contributed by atoms with Gasteiger partial charge in [-0.3, -0.25) is 4.79 Å². The van der Waals surface area contributed by atoms with Gasteiger partial charge in [-0.05, 0) is 31.0 Å². The Morgan fingerprint density at radius 1 is 1.43 bits per heavy atom. The maximum absolute atomic E-state index is 10.9. The lowest BCUT2D eigenvalue weighted by atomic mass is 10.1. The Morgan fingerprint density at radius 3 is 3.00 bits per heavy atom. The van der Waals surface area contributed by atoms with E-state index in [0.29, 0.717) is 18.2 Å². The second-order valence-electron chi connectivity index (χ2n) is 7.70. The van der Waals surface area contributed by atoms with Crippen LogP contribution >= 0.6 is 0 Å². The number of aromatic nitrogens is 3. The van der Waals surface area contributed by atoms with Crippen LogP contribution in [0.3, 0.4) is 0 Å². The van der Waals surface area contributed by atoms with Crippen molar-refractivity contribution in [1.82, 2.24) is 25.4 Å². The molecule has 9 heteroatoms. The number of nitrogens with one attached hydrogen (secondary N) is 2. The number of hydrogen-bond acceptors (Lipinski definition) is 5. The van der Waals surface area contributed by atoms with Gasteiger partial charge in [-0.15, -0.1) is 0 Å². The van der Waals surface area contributed by atoms with Crippen LogP contribution in [0.2, 0.25) is 0 Å². The van der Waals surface area contributed by atoms with Crippen LogP contribution in [-0.4, -0.2) is 45.8 Å². The largest absolute Gasteiger partial charge is 0.484 e. The maximum Gasteiger partial charge on any atom is 0.255 e. The van der Waals surface area contributed by atoms with Crippen LogP contribution in [0.1, 0.15) is 50.3 Å². The number of guanidine groups is 1. The third kappa shape index (κ3) is 5.95. The first-order valence-corrected chi connectivity index (χ1v) is 10.4. The van der Waals surface area contributed by atoms with Gasteiger partial charge in [0, 0.05) is 24.9 Å². The van der Waals surface area contributed by atoms with Crippen molar-refractivity contribution in [3.8, 4) is 5.75 Å². The summed E-state index contributed by atoms with van der Waals surface area (Å²) in [4.78, 5) is 20.2. The second kappa shape index (κ2) is 10.1. The summed E-state index contributed by atoms with van der Waals surface area (Å²) in [7, 11) is 0. The Labute approximate surface area is 177 Å². The van der Waals surface area contributed by atoms with Crippen LogP contribution in [0.25, 0.3) is 0 Å². The van der Waals surface area contributed by atoms with Crippen LogP contribution in [0.15, 0.2) is 29.3 Å². The highest BCUT2D eigenvalue weighted by Crippen LogP contribution is 2.17. The number of carbonyl (C=O) groups is 1. The standard InChI is InChI=1S/C21H31N7O2/c1-4-23-21(24-11-15-6-5-7-17(10-15)30-13-18(22)29)25-16-8-9-19-26-20(14(2)3)27-28(19)12-16/h5-7,10,14,16H,4,8-9,11-13H2,1-3H3,(H2,22,29)(H2,23,24,25). The predicted molar refractivity (Wildman–Crippen MR) is 115 cm³/mol. The van der Waals surface area contributed by atoms with E-state index < -0.39 is 5.91 Å².